The Kier molecular flexibility index (Phi) is 6.57. The van der Waals surface area contributed by atoms with Gasteiger partial charge in [-0.3, -0.25) is 9.59 Å². The molecule has 29 heavy (non-hydrogen) atoms. The minimum Gasteiger partial charge on any atom is -0.462 e. The number of hydrogen-bond donors (Lipinski definition) is 2. The number of benzene rings is 1. The molecule has 1 aromatic carbocycles. The average Bonchev–Trinajstić information content (AvgIpc) is 2.61. The summed E-state index contributed by atoms with van der Waals surface area (Å²) in [6, 6.07) is 5.14. The number of hydrogen-bond acceptors (Lipinski definition) is 5. The van der Waals surface area contributed by atoms with Crippen LogP contribution in [0.25, 0.3) is 0 Å². The predicted octanol–water partition coefficient (Wildman–Crippen LogP) is 3.80. The number of amides is 2. The number of halogens is 3. The Morgan fingerprint density at radius 3 is 2.31 bits per heavy atom. The Bertz CT molecular complexity index is 958. The molecule has 0 unspecified atom stereocenters. The number of rotatable bonds is 5. The summed E-state index contributed by atoms with van der Waals surface area (Å²) in [6.07, 6.45) is -4.63. The maximum Gasteiger partial charge on any atom is 0.416 e. The molecule has 1 heterocycles. The van der Waals surface area contributed by atoms with Gasteiger partial charge in [-0.05, 0) is 44.2 Å². The molecule has 0 aliphatic heterocycles. The van der Waals surface area contributed by atoms with Crippen molar-refractivity contribution in [2.75, 3.05) is 17.2 Å². The maximum absolute atomic E-state index is 13.0. The molecule has 0 fully saturated rings. The Hall–Kier alpha value is -3.43. The molecule has 0 aliphatic carbocycles. The maximum atomic E-state index is 13.0. The zero-order valence-corrected chi connectivity index (χ0v) is 15.8. The van der Waals surface area contributed by atoms with Crippen LogP contribution in [0, 0.1) is 6.92 Å². The summed E-state index contributed by atoms with van der Waals surface area (Å²) in [5.41, 5.74) is -0.971. The van der Waals surface area contributed by atoms with Crippen molar-refractivity contribution in [1.82, 2.24) is 4.98 Å². The van der Waals surface area contributed by atoms with Gasteiger partial charge in [0, 0.05) is 6.92 Å². The van der Waals surface area contributed by atoms with E-state index in [0.717, 1.165) is 12.1 Å². The van der Waals surface area contributed by atoms with E-state index < -0.39 is 29.5 Å². The molecular weight excluding hydrogens is 391 g/mol. The zero-order valence-electron chi connectivity index (χ0n) is 15.8. The first kappa shape index (κ1) is 21.9. The van der Waals surface area contributed by atoms with E-state index in [1.807, 2.05) is 0 Å². The van der Waals surface area contributed by atoms with Gasteiger partial charge < -0.3 is 15.4 Å². The van der Waals surface area contributed by atoms with Gasteiger partial charge in [-0.25, -0.2) is 9.78 Å². The molecule has 10 heteroatoms. The summed E-state index contributed by atoms with van der Waals surface area (Å²) in [6.45, 7) is 4.49. The monoisotopic (exact) mass is 409 g/mol. The summed E-state index contributed by atoms with van der Waals surface area (Å²) < 4.78 is 43.9. The Labute approximate surface area is 164 Å². The third kappa shape index (κ3) is 5.53. The van der Waals surface area contributed by atoms with Crippen LogP contribution in [-0.2, 0) is 15.7 Å². The molecule has 2 amide bonds. The number of nitrogens with one attached hydrogen (secondary N) is 2. The van der Waals surface area contributed by atoms with Crippen molar-refractivity contribution in [3.05, 3.63) is 52.8 Å². The van der Waals surface area contributed by atoms with Gasteiger partial charge in [-0.2, -0.15) is 13.2 Å². The van der Waals surface area contributed by atoms with Crippen LogP contribution in [-0.4, -0.2) is 29.4 Å². The number of carbonyl (C=O) groups is 3. The second-order valence-corrected chi connectivity index (χ2v) is 5.94. The van der Waals surface area contributed by atoms with Crippen LogP contribution in [0.3, 0.4) is 0 Å². The fraction of sp³-hybridized carbons (Fsp3) is 0.263. The van der Waals surface area contributed by atoms with Crippen molar-refractivity contribution < 1.29 is 32.3 Å². The van der Waals surface area contributed by atoms with Gasteiger partial charge >= 0.3 is 12.1 Å². The first-order valence-corrected chi connectivity index (χ1v) is 8.48. The van der Waals surface area contributed by atoms with Gasteiger partial charge in [0.05, 0.1) is 34.8 Å². The van der Waals surface area contributed by atoms with Gasteiger partial charge in [0.2, 0.25) is 5.91 Å². The summed E-state index contributed by atoms with van der Waals surface area (Å²) in [4.78, 5) is 39.6. The predicted molar refractivity (Wildman–Crippen MR) is 98.6 cm³/mol. The average molecular weight is 409 g/mol. The number of esters is 1. The molecule has 154 valence electrons. The second-order valence-electron chi connectivity index (χ2n) is 5.94. The number of ether oxygens (including phenoxy) is 1. The molecule has 0 atom stereocenters. The molecule has 0 bridgehead atoms. The molecule has 7 nitrogen and oxygen atoms in total. The fourth-order valence-electron chi connectivity index (χ4n) is 2.42. The lowest BCUT2D eigenvalue weighted by molar-refractivity contribution is -0.137. The van der Waals surface area contributed by atoms with Gasteiger partial charge in [-0.1, -0.05) is 0 Å². The van der Waals surface area contributed by atoms with E-state index in [9.17, 15) is 27.6 Å². The molecular formula is C19H18F3N3O4. The summed E-state index contributed by atoms with van der Waals surface area (Å²) in [7, 11) is 0. The number of carbonyl (C=O) groups excluding carboxylic acids is 3. The van der Waals surface area contributed by atoms with E-state index in [1.165, 1.54) is 26.0 Å². The number of aromatic nitrogens is 1. The molecule has 2 rings (SSSR count). The summed E-state index contributed by atoms with van der Waals surface area (Å²) in [5, 5.41) is 4.67. The molecule has 2 N–H and O–H groups in total. The van der Waals surface area contributed by atoms with E-state index in [0.29, 0.717) is 6.07 Å². The van der Waals surface area contributed by atoms with Crippen LogP contribution in [0.5, 0.6) is 0 Å². The van der Waals surface area contributed by atoms with Crippen molar-refractivity contribution >= 4 is 29.2 Å². The van der Waals surface area contributed by atoms with E-state index in [1.54, 1.807) is 6.92 Å². The van der Waals surface area contributed by atoms with E-state index in [-0.39, 0.29) is 34.9 Å². The number of anilines is 2. The molecule has 0 saturated heterocycles. The van der Waals surface area contributed by atoms with Crippen LogP contribution in [0.15, 0.2) is 30.3 Å². The van der Waals surface area contributed by atoms with Crippen molar-refractivity contribution in [1.29, 1.82) is 0 Å². The smallest absolute Gasteiger partial charge is 0.416 e. The largest absolute Gasteiger partial charge is 0.462 e. The highest BCUT2D eigenvalue weighted by molar-refractivity contribution is 6.06. The lowest BCUT2D eigenvalue weighted by atomic mass is 10.1. The normalized spacial score (nSPS) is 11.0. The minimum absolute atomic E-state index is 0.00119. The third-order valence-corrected chi connectivity index (χ3v) is 3.72. The van der Waals surface area contributed by atoms with E-state index in [4.69, 9.17) is 4.74 Å². The van der Waals surface area contributed by atoms with E-state index >= 15 is 0 Å². The number of aryl methyl sites for hydroxylation is 1. The van der Waals surface area contributed by atoms with Crippen LogP contribution in [0.2, 0.25) is 0 Å². The third-order valence-electron chi connectivity index (χ3n) is 3.72. The van der Waals surface area contributed by atoms with E-state index in [2.05, 4.69) is 15.6 Å². The second kappa shape index (κ2) is 8.72. The zero-order chi connectivity index (χ0) is 21.8. The van der Waals surface area contributed by atoms with Crippen LogP contribution >= 0.6 is 0 Å². The van der Waals surface area contributed by atoms with Gasteiger partial charge in [0.25, 0.3) is 5.91 Å². The SMILES string of the molecule is CCOC(=O)c1ccc(C(=O)Nc2cc(C(F)(F)F)ccc2NC(C)=O)nc1C. The topological polar surface area (TPSA) is 97.4 Å². The van der Waals surface area contributed by atoms with Crippen LogP contribution in [0.1, 0.15) is 46.0 Å². The van der Waals surface area contributed by atoms with Crippen LogP contribution < -0.4 is 10.6 Å². The highest BCUT2D eigenvalue weighted by Gasteiger charge is 2.31. The van der Waals surface area contributed by atoms with Crippen molar-refractivity contribution in [3.63, 3.8) is 0 Å². The summed E-state index contributed by atoms with van der Waals surface area (Å²) in [5.74, 6) is -1.93. The van der Waals surface area contributed by atoms with Crippen molar-refractivity contribution in [2.24, 2.45) is 0 Å². The number of alkyl halides is 3. The van der Waals surface area contributed by atoms with Crippen molar-refractivity contribution in [3.8, 4) is 0 Å². The number of nitrogens with zero attached hydrogens (tertiary/aromatic N) is 1. The van der Waals surface area contributed by atoms with Crippen molar-refractivity contribution in [2.45, 2.75) is 26.9 Å². The lowest BCUT2D eigenvalue weighted by Gasteiger charge is -2.15. The highest BCUT2D eigenvalue weighted by atomic mass is 19.4. The number of pyridine rings is 1. The Morgan fingerprint density at radius 2 is 1.76 bits per heavy atom. The van der Waals surface area contributed by atoms with Gasteiger partial charge in [0.15, 0.2) is 0 Å². The molecule has 1 aromatic heterocycles. The van der Waals surface area contributed by atoms with Gasteiger partial charge in [-0.15, -0.1) is 0 Å². The Morgan fingerprint density at radius 1 is 1.07 bits per heavy atom. The first-order valence-electron chi connectivity index (χ1n) is 8.48. The van der Waals surface area contributed by atoms with Gasteiger partial charge in [0.1, 0.15) is 5.69 Å². The Balaban J connectivity index is 2.34. The molecule has 0 spiro atoms. The molecule has 0 radical (unpaired) electrons. The highest BCUT2D eigenvalue weighted by Crippen LogP contribution is 2.34. The van der Waals surface area contributed by atoms with Crippen LogP contribution in [0.4, 0.5) is 24.5 Å². The summed E-state index contributed by atoms with van der Waals surface area (Å²) >= 11 is 0. The molecule has 2 aromatic rings. The quantitative estimate of drug-likeness (QED) is 0.733. The standard InChI is InChI=1S/C19H18F3N3O4/c1-4-29-18(28)13-6-8-15(23-10(13)2)17(27)25-16-9-12(19(20,21)22)5-7-14(16)24-11(3)26/h5-9H,4H2,1-3H3,(H,24,26)(H,25,27). The lowest BCUT2D eigenvalue weighted by Crippen LogP contribution is -2.18. The fourth-order valence-corrected chi connectivity index (χ4v) is 2.42. The molecule has 0 aliphatic rings. The molecule has 0 saturated carbocycles. The first-order chi connectivity index (χ1) is 13.5. The minimum atomic E-state index is -4.63.